The number of nitrogens with one attached hydrogen (secondary N) is 1. The van der Waals surface area contributed by atoms with Crippen molar-refractivity contribution in [2.75, 3.05) is 12.4 Å². The number of amides is 2. The lowest BCUT2D eigenvalue weighted by Crippen LogP contribution is -2.36. The first-order chi connectivity index (χ1) is 8.99. The monoisotopic (exact) mass is 260 g/mol. The van der Waals surface area contributed by atoms with E-state index in [0.717, 1.165) is 0 Å². The van der Waals surface area contributed by atoms with E-state index < -0.39 is 0 Å². The molecule has 1 aromatic rings. The van der Waals surface area contributed by atoms with Crippen LogP contribution in [0, 0.1) is 5.92 Å². The van der Waals surface area contributed by atoms with Gasteiger partial charge in [0.1, 0.15) is 0 Å². The van der Waals surface area contributed by atoms with Crippen LogP contribution in [0.1, 0.15) is 37.0 Å². The summed E-state index contributed by atoms with van der Waals surface area (Å²) < 4.78 is 0. The molecule has 0 spiro atoms. The van der Waals surface area contributed by atoms with Gasteiger partial charge in [-0.1, -0.05) is 6.07 Å². The highest BCUT2D eigenvalue weighted by atomic mass is 16.2. The number of carbonyl (C=O) groups is 2. The molecule has 0 heterocycles. The molecular weight excluding hydrogens is 240 g/mol. The minimum Gasteiger partial charge on any atom is -0.339 e. The van der Waals surface area contributed by atoms with Crippen LogP contribution >= 0.6 is 0 Å². The fraction of sp³-hybridized carbons (Fsp3) is 0.467. The lowest BCUT2D eigenvalue weighted by molar-refractivity contribution is -0.114. The van der Waals surface area contributed by atoms with Crippen molar-refractivity contribution in [2.45, 2.75) is 32.7 Å². The smallest absolute Gasteiger partial charge is 0.253 e. The molecule has 102 valence electrons. The Morgan fingerprint density at radius 2 is 2.05 bits per heavy atom. The molecule has 1 N–H and O–H groups in total. The summed E-state index contributed by atoms with van der Waals surface area (Å²) in [7, 11) is 1.84. The first kappa shape index (κ1) is 13.6. The third kappa shape index (κ3) is 3.34. The fourth-order valence-electron chi connectivity index (χ4n) is 2.22. The number of rotatable bonds is 4. The summed E-state index contributed by atoms with van der Waals surface area (Å²) in [6.07, 6.45) is 2.43. The molecule has 2 rings (SSSR count). The van der Waals surface area contributed by atoms with Crippen LogP contribution in [0.4, 0.5) is 5.69 Å². The first-order valence-corrected chi connectivity index (χ1v) is 6.64. The Hall–Kier alpha value is -1.84. The van der Waals surface area contributed by atoms with Crippen molar-refractivity contribution in [1.29, 1.82) is 0 Å². The summed E-state index contributed by atoms with van der Waals surface area (Å²) >= 11 is 0. The highest BCUT2D eigenvalue weighted by molar-refractivity contribution is 5.96. The highest BCUT2D eigenvalue weighted by Crippen LogP contribution is 2.35. The van der Waals surface area contributed by atoms with E-state index >= 15 is 0 Å². The largest absolute Gasteiger partial charge is 0.339 e. The van der Waals surface area contributed by atoms with Crippen LogP contribution in [-0.2, 0) is 4.79 Å². The van der Waals surface area contributed by atoms with Gasteiger partial charge in [0.05, 0.1) is 0 Å². The predicted octanol–water partition coefficient (Wildman–Crippen LogP) is 2.52. The van der Waals surface area contributed by atoms with Crippen molar-refractivity contribution in [3.8, 4) is 0 Å². The maximum absolute atomic E-state index is 12.4. The van der Waals surface area contributed by atoms with E-state index in [0.29, 0.717) is 17.2 Å². The van der Waals surface area contributed by atoms with Crippen LogP contribution in [0.15, 0.2) is 24.3 Å². The molecule has 0 aliphatic heterocycles. The Kier molecular flexibility index (Phi) is 3.88. The van der Waals surface area contributed by atoms with Crippen molar-refractivity contribution >= 4 is 17.5 Å². The van der Waals surface area contributed by atoms with Gasteiger partial charge in [0.15, 0.2) is 0 Å². The molecule has 0 saturated heterocycles. The van der Waals surface area contributed by atoms with Gasteiger partial charge in [0, 0.05) is 31.3 Å². The highest BCUT2D eigenvalue weighted by Gasteiger charge is 2.32. The predicted molar refractivity (Wildman–Crippen MR) is 75.0 cm³/mol. The summed E-state index contributed by atoms with van der Waals surface area (Å²) in [6, 6.07) is 7.34. The quantitative estimate of drug-likeness (QED) is 0.904. The number of carbonyl (C=O) groups excluding carboxylic acids is 2. The lowest BCUT2D eigenvalue weighted by Gasteiger charge is -2.25. The molecule has 1 aromatic carbocycles. The van der Waals surface area contributed by atoms with Gasteiger partial charge in [0.25, 0.3) is 5.91 Å². The Bertz CT molecular complexity index is 495. The maximum Gasteiger partial charge on any atom is 0.253 e. The fourth-order valence-corrected chi connectivity index (χ4v) is 2.22. The summed E-state index contributed by atoms with van der Waals surface area (Å²) in [5.74, 6) is 0.517. The van der Waals surface area contributed by atoms with E-state index in [1.54, 1.807) is 29.2 Å². The summed E-state index contributed by atoms with van der Waals surface area (Å²) in [6.45, 7) is 3.54. The second-order valence-corrected chi connectivity index (χ2v) is 5.26. The zero-order valence-corrected chi connectivity index (χ0v) is 11.6. The number of nitrogens with zero attached hydrogens (tertiary/aromatic N) is 1. The lowest BCUT2D eigenvalue weighted by atomic mass is 10.1. The Morgan fingerprint density at radius 3 is 2.63 bits per heavy atom. The normalized spacial score (nSPS) is 15.7. The van der Waals surface area contributed by atoms with Gasteiger partial charge in [-0.25, -0.2) is 0 Å². The van der Waals surface area contributed by atoms with Gasteiger partial charge in [-0.05, 0) is 43.9 Å². The summed E-state index contributed by atoms with van der Waals surface area (Å²) in [5, 5.41) is 2.69. The minimum atomic E-state index is -0.135. The number of benzene rings is 1. The van der Waals surface area contributed by atoms with Gasteiger partial charge >= 0.3 is 0 Å². The van der Waals surface area contributed by atoms with Gasteiger partial charge in [-0.3, -0.25) is 9.59 Å². The Morgan fingerprint density at radius 1 is 1.37 bits per heavy atom. The van der Waals surface area contributed by atoms with Crippen LogP contribution in [0.25, 0.3) is 0 Å². The molecule has 0 bridgehead atoms. The SMILES string of the molecule is CC(=O)Nc1cccc(C(=O)N(C)C(C)C2CC2)c1. The van der Waals surface area contributed by atoms with Crippen LogP contribution in [0.2, 0.25) is 0 Å². The standard InChI is InChI=1S/C15H20N2O2/c1-10(12-7-8-12)17(3)15(19)13-5-4-6-14(9-13)16-11(2)18/h4-6,9-10,12H,7-8H2,1-3H3,(H,16,18). The molecule has 1 unspecified atom stereocenters. The van der Waals surface area contributed by atoms with Crippen LogP contribution in [-0.4, -0.2) is 29.8 Å². The van der Waals surface area contributed by atoms with E-state index in [-0.39, 0.29) is 17.9 Å². The van der Waals surface area contributed by atoms with E-state index in [2.05, 4.69) is 12.2 Å². The Labute approximate surface area is 113 Å². The number of hydrogen-bond donors (Lipinski definition) is 1. The zero-order chi connectivity index (χ0) is 14.0. The summed E-state index contributed by atoms with van der Waals surface area (Å²) in [4.78, 5) is 25.2. The van der Waals surface area contributed by atoms with Gasteiger partial charge < -0.3 is 10.2 Å². The Balaban J connectivity index is 2.11. The molecule has 4 heteroatoms. The third-order valence-electron chi connectivity index (χ3n) is 3.67. The molecule has 4 nitrogen and oxygen atoms in total. The van der Waals surface area contributed by atoms with E-state index in [1.807, 2.05) is 7.05 Å². The third-order valence-corrected chi connectivity index (χ3v) is 3.67. The molecule has 1 aliphatic rings. The van der Waals surface area contributed by atoms with Crippen LogP contribution in [0.3, 0.4) is 0 Å². The molecule has 2 amide bonds. The zero-order valence-electron chi connectivity index (χ0n) is 11.6. The molecule has 0 radical (unpaired) electrons. The molecule has 1 aliphatic carbocycles. The van der Waals surface area contributed by atoms with Gasteiger partial charge in [-0.2, -0.15) is 0 Å². The van der Waals surface area contributed by atoms with Crippen molar-refractivity contribution in [1.82, 2.24) is 4.90 Å². The topological polar surface area (TPSA) is 49.4 Å². The molecule has 19 heavy (non-hydrogen) atoms. The second kappa shape index (κ2) is 5.43. The van der Waals surface area contributed by atoms with Crippen LogP contribution < -0.4 is 5.32 Å². The van der Waals surface area contributed by atoms with Gasteiger partial charge in [0.2, 0.25) is 5.91 Å². The van der Waals surface area contributed by atoms with Crippen molar-refractivity contribution in [2.24, 2.45) is 5.92 Å². The van der Waals surface area contributed by atoms with Crippen molar-refractivity contribution in [3.63, 3.8) is 0 Å². The molecule has 1 saturated carbocycles. The van der Waals surface area contributed by atoms with E-state index in [1.165, 1.54) is 19.8 Å². The van der Waals surface area contributed by atoms with E-state index in [9.17, 15) is 9.59 Å². The molecule has 1 fully saturated rings. The second-order valence-electron chi connectivity index (χ2n) is 5.26. The van der Waals surface area contributed by atoms with Crippen molar-refractivity contribution < 1.29 is 9.59 Å². The summed E-state index contributed by atoms with van der Waals surface area (Å²) in [5.41, 5.74) is 1.27. The maximum atomic E-state index is 12.4. The molecule has 0 aromatic heterocycles. The van der Waals surface area contributed by atoms with Gasteiger partial charge in [-0.15, -0.1) is 0 Å². The number of anilines is 1. The van der Waals surface area contributed by atoms with Crippen LogP contribution in [0.5, 0.6) is 0 Å². The average molecular weight is 260 g/mol. The average Bonchev–Trinajstić information content (AvgIpc) is 3.20. The van der Waals surface area contributed by atoms with E-state index in [4.69, 9.17) is 0 Å². The number of hydrogen-bond acceptors (Lipinski definition) is 2. The first-order valence-electron chi connectivity index (χ1n) is 6.64. The molecular formula is C15H20N2O2. The van der Waals surface area contributed by atoms with Crippen molar-refractivity contribution in [3.05, 3.63) is 29.8 Å². The molecule has 1 atom stereocenters. The minimum absolute atomic E-state index is 0.00611.